The maximum absolute atomic E-state index is 13.0. The van der Waals surface area contributed by atoms with Gasteiger partial charge in [-0.2, -0.15) is 8.78 Å². The number of hydrogen-bond donors (Lipinski definition) is 0. The Bertz CT molecular complexity index is 350. The van der Waals surface area contributed by atoms with E-state index in [-0.39, 0.29) is 32.0 Å². The second-order valence-electron chi connectivity index (χ2n) is 4.30. The number of amides is 2. The van der Waals surface area contributed by atoms with Crippen molar-refractivity contribution in [1.82, 2.24) is 9.80 Å². The average molecular weight is 284 g/mol. The van der Waals surface area contributed by atoms with E-state index in [4.69, 9.17) is 0 Å². The van der Waals surface area contributed by atoms with Gasteiger partial charge in [-0.1, -0.05) is 6.92 Å². The highest BCUT2D eigenvalue weighted by Gasteiger charge is 2.51. The standard InChI is InChI=1S/C11H16F4N2O2/c1-2-8(18)16-4-3-5-17(7-6-16)10(19)11(14,15)9(12)13/h9H,2-7H2,1H3. The molecule has 1 saturated heterocycles. The van der Waals surface area contributed by atoms with Gasteiger partial charge in [0.2, 0.25) is 5.91 Å². The van der Waals surface area contributed by atoms with Gasteiger partial charge in [-0.25, -0.2) is 8.78 Å². The summed E-state index contributed by atoms with van der Waals surface area (Å²) in [6, 6.07) is 0. The summed E-state index contributed by atoms with van der Waals surface area (Å²) in [5, 5.41) is 0. The molecule has 8 heteroatoms. The molecule has 0 bridgehead atoms. The first-order valence-corrected chi connectivity index (χ1v) is 6.03. The Morgan fingerprint density at radius 2 is 1.63 bits per heavy atom. The van der Waals surface area contributed by atoms with Crippen molar-refractivity contribution in [3.05, 3.63) is 0 Å². The molecule has 1 heterocycles. The van der Waals surface area contributed by atoms with Gasteiger partial charge in [0.15, 0.2) is 0 Å². The Morgan fingerprint density at radius 3 is 2.16 bits per heavy atom. The molecule has 0 saturated carbocycles. The van der Waals surface area contributed by atoms with Crippen molar-refractivity contribution in [1.29, 1.82) is 0 Å². The zero-order chi connectivity index (χ0) is 14.6. The van der Waals surface area contributed by atoms with Crippen molar-refractivity contribution in [2.75, 3.05) is 26.2 Å². The maximum atomic E-state index is 13.0. The molecule has 4 nitrogen and oxygen atoms in total. The quantitative estimate of drug-likeness (QED) is 0.734. The molecule has 1 rings (SSSR count). The van der Waals surface area contributed by atoms with Crippen LogP contribution >= 0.6 is 0 Å². The first-order valence-electron chi connectivity index (χ1n) is 6.03. The molecule has 0 atom stereocenters. The van der Waals surface area contributed by atoms with Crippen LogP contribution in [0.25, 0.3) is 0 Å². The van der Waals surface area contributed by atoms with Gasteiger partial charge in [-0.3, -0.25) is 9.59 Å². The minimum Gasteiger partial charge on any atom is -0.341 e. The molecule has 110 valence electrons. The Hall–Kier alpha value is -1.34. The van der Waals surface area contributed by atoms with Crippen LogP contribution in [-0.4, -0.2) is 60.1 Å². The lowest BCUT2D eigenvalue weighted by atomic mass is 10.2. The zero-order valence-electron chi connectivity index (χ0n) is 10.5. The molecular formula is C11H16F4N2O2. The number of alkyl halides is 4. The Labute approximate surface area is 108 Å². The van der Waals surface area contributed by atoms with Gasteiger partial charge in [0.05, 0.1) is 0 Å². The van der Waals surface area contributed by atoms with E-state index in [9.17, 15) is 27.2 Å². The van der Waals surface area contributed by atoms with E-state index in [2.05, 4.69) is 0 Å². The normalized spacial score (nSPS) is 17.6. The fourth-order valence-corrected chi connectivity index (χ4v) is 1.90. The lowest BCUT2D eigenvalue weighted by Gasteiger charge is -2.25. The number of carbonyl (C=O) groups excluding carboxylic acids is 2. The van der Waals surface area contributed by atoms with Gasteiger partial charge in [-0.15, -0.1) is 0 Å². The SMILES string of the molecule is CCC(=O)N1CCCN(C(=O)C(F)(F)C(F)F)CC1. The lowest BCUT2D eigenvalue weighted by Crippen LogP contribution is -2.49. The van der Waals surface area contributed by atoms with Crippen LogP contribution in [0.4, 0.5) is 17.6 Å². The molecule has 0 N–H and O–H groups in total. The molecule has 0 aromatic carbocycles. The van der Waals surface area contributed by atoms with E-state index in [1.807, 2.05) is 0 Å². The van der Waals surface area contributed by atoms with Crippen LogP contribution in [0.5, 0.6) is 0 Å². The average Bonchev–Trinajstić information content (AvgIpc) is 2.62. The van der Waals surface area contributed by atoms with Gasteiger partial charge in [0, 0.05) is 32.6 Å². The summed E-state index contributed by atoms with van der Waals surface area (Å²) >= 11 is 0. The van der Waals surface area contributed by atoms with Crippen molar-refractivity contribution in [2.45, 2.75) is 32.1 Å². The van der Waals surface area contributed by atoms with Gasteiger partial charge < -0.3 is 9.80 Å². The van der Waals surface area contributed by atoms with E-state index in [0.29, 0.717) is 17.9 Å². The van der Waals surface area contributed by atoms with Crippen molar-refractivity contribution in [3.8, 4) is 0 Å². The third kappa shape index (κ3) is 3.57. The van der Waals surface area contributed by atoms with Gasteiger partial charge in [-0.05, 0) is 6.42 Å². The highest BCUT2D eigenvalue weighted by molar-refractivity contribution is 5.84. The zero-order valence-corrected chi connectivity index (χ0v) is 10.5. The van der Waals surface area contributed by atoms with Crippen molar-refractivity contribution < 1.29 is 27.2 Å². The fraction of sp³-hybridized carbons (Fsp3) is 0.818. The lowest BCUT2D eigenvalue weighted by molar-refractivity contribution is -0.180. The molecule has 1 fully saturated rings. The Balaban J connectivity index is 2.67. The van der Waals surface area contributed by atoms with E-state index in [1.54, 1.807) is 6.92 Å². The van der Waals surface area contributed by atoms with Crippen LogP contribution in [0.2, 0.25) is 0 Å². The predicted octanol–water partition coefficient (Wildman–Crippen LogP) is 1.36. The highest BCUT2D eigenvalue weighted by Crippen LogP contribution is 2.26. The highest BCUT2D eigenvalue weighted by atomic mass is 19.3. The minimum atomic E-state index is -4.66. The number of nitrogens with zero attached hydrogens (tertiary/aromatic N) is 2. The molecule has 0 aromatic rings. The number of halogens is 4. The first kappa shape index (κ1) is 15.7. The van der Waals surface area contributed by atoms with Crippen LogP contribution in [0.15, 0.2) is 0 Å². The van der Waals surface area contributed by atoms with E-state index in [0.717, 1.165) is 0 Å². The minimum absolute atomic E-state index is 0.0470. The summed E-state index contributed by atoms with van der Waals surface area (Å²) in [6.45, 7) is 1.91. The number of rotatable bonds is 3. The van der Waals surface area contributed by atoms with Gasteiger partial charge in [0.1, 0.15) is 0 Å². The molecule has 0 radical (unpaired) electrons. The molecule has 0 spiro atoms. The van der Waals surface area contributed by atoms with Crippen LogP contribution < -0.4 is 0 Å². The second kappa shape index (κ2) is 6.21. The molecular weight excluding hydrogens is 268 g/mol. The summed E-state index contributed by atoms with van der Waals surface area (Å²) in [6.07, 6.45) is -3.44. The van der Waals surface area contributed by atoms with Gasteiger partial charge >= 0.3 is 12.3 Å². The number of hydrogen-bond acceptors (Lipinski definition) is 2. The molecule has 19 heavy (non-hydrogen) atoms. The van der Waals surface area contributed by atoms with Crippen molar-refractivity contribution in [3.63, 3.8) is 0 Å². The van der Waals surface area contributed by atoms with E-state index in [1.165, 1.54) is 4.90 Å². The molecule has 0 unspecified atom stereocenters. The topological polar surface area (TPSA) is 40.6 Å². The van der Waals surface area contributed by atoms with Crippen LogP contribution in [0, 0.1) is 0 Å². The predicted molar refractivity (Wildman–Crippen MR) is 59.0 cm³/mol. The summed E-state index contributed by atoms with van der Waals surface area (Å²) in [5.74, 6) is -6.67. The first-order chi connectivity index (χ1) is 8.80. The molecule has 1 aliphatic rings. The number of carbonyl (C=O) groups is 2. The van der Waals surface area contributed by atoms with Crippen LogP contribution in [0.1, 0.15) is 19.8 Å². The van der Waals surface area contributed by atoms with Crippen LogP contribution in [0.3, 0.4) is 0 Å². The third-order valence-electron chi connectivity index (χ3n) is 3.00. The maximum Gasteiger partial charge on any atom is 0.383 e. The largest absolute Gasteiger partial charge is 0.383 e. The Morgan fingerprint density at radius 1 is 1.11 bits per heavy atom. The Kier molecular flexibility index (Phi) is 5.13. The van der Waals surface area contributed by atoms with Crippen molar-refractivity contribution >= 4 is 11.8 Å². The summed E-state index contributed by atoms with van der Waals surface area (Å²) in [4.78, 5) is 25.0. The van der Waals surface area contributed by atoms with E-state index < -0.39 is 18.3 Å². The smallest absolute Gasteiger partial charge is 0.341 e. The molecule has 1 aliphatic heterocycles. The van der Waals surface area contributed by atoms with Gasteiger partial charge in [0.25, 0.3) is 5.91 Å². The molecule has 2 amide bonds. The fourth-order valence-electron chi connectivity index (χ4n) is 1.90. The molecule has 0 aromatic heterocycles. The van der Waals surface area contributed by atoms with Crippen LogP contribution in [-0.2, 0) is 9.59 Å². The summed E-state index contributed by atoms with van der Waals surface area (Å²) in [5.41, 5.74) is 0. The second-order valence-corrected chi connectivity index (χ2v) is 4.30. The monoisotopic (exact) mass is 284 g/mol. The summed E-state index contributed by atoms with van der Waals surface area (Å²) in [7, 11) is 0. The van der Waals surface area contributed by atoms with E-state index >= 15 is 0 Å². The van der Waals surface area contributed by atoms with Crippen molar-refractivity contribution in [2.24, 2.45) is 0 Å². The summed E-state index contributed by atoms with van der Waals surface area (Å²) < 4.78 is 50.1. The third-order valence-corrected chi connectivity index (χ3v) is 3.00. The molecule has 0 aliphatic carbocycles.